The van der Waals surface area contributed by atoms with Gasteiger partial charge in [0.15, 0.2) is 23.0 Å². The van der Waals surface area contributed by atoms with Gasteiger partial charge in [0.25, 0.3) is 11.7 Å². The fraction of sp³-hybridized carbons (Fsp3) is 0.333. The second kappa shape index (κ2) is 9.94. The molecule has 0 saturated carbocycles. The van der Waals surface area contributed by atoms with Gasteiger partial charge in [-0.25, -0.2) is 0 Å². The first-order valence-electron chi connectivity index (χ1n) is 10.6. The maximum absolute atomic E-state index is 13.2. The molecule has 2 aliphatic heterocycles. The number of hydrogen-bond donors (Lipinski definition) is 2. The third-order valence-electron chi connectivity index (χ3n) is 5.69. The summed E-state index contributed by atoms with van der Waals surface area (Å²) in [6.07, 6.45) is 0.487. The maximum Gasteiger partial charge on any atom is 0.295 e. The Morgan fingerprint density at radius 1 is 1.15 bits per heavy atom. The van der Waals surface area contributed by atoms with E-state index in [1.165, 1.54) is 18.1 Å². The van der Waals surface area contributed by atoms with E-state index in [2.05, 4.69) is 15.9 Å². The lowest BCUT2D eigenvalue weighted by molar-refractivity contribution is -0.140. The highest BCUT2D eigenvalue weighted by molar-refractivity contribution is 9.10. The van der Waals surface area contributed by atoms with Crippen LogP contribution < -0.4 is 14.2 Å². The zero-order chi connectivity index (χ0) is 24.4. The van der Waals surface area contributed by atoms with Crippen LogP contribution in [0.1, 0.15) is 23.6 Å². The lowest BCUT2D eigenvalue weighted by Gasteiger charge is -2.26. The molecule has 1 atom stereocenters. The number of hydrogen-bond acceptors (Lipinski definition) is 8. The lowest BCUT2D eigenvalue weighted by Crippen LogP contribution is -2.31. The van der Waals surface area contributed by atoms with E-state index >= 15 is 0 Å². The van der Waals surface area contributed by atoms with Crippen LogP contribution >= 0.6 is 15.9 Å². The van der Waals surface area contributed by atoms with Crippen molar-refractivity contribution >= 4 is 33.4 Å². The monoisotopic (exact) mass is 533 g/mol. The zero-order valence-corrected chi connectivity index (χ0v) is 20.3. The van der Waals surface area contributed by atoms with Crippen LogP contribution in [0.3, 0.4) is 0 Å². The predicted octanol–water partition coefficient (Wildman–Crippen LogP) is 3.39. The Balaban J connectivity index is 1.86. The van der Waals surface area contributed by atoms with Crippen LogP contribution in [0.25, 0.3) is 5.76 Å². The van der Waals surface area contributed by atoms with Crippen molar-refractivity contribution in [3.63, 3.8) is 0 Å². The molecule has 180 valence electrons. The van der Waals surface area contributed by atoms with Crippen LogP contribution in [0.15, 0.2) is 40.4 Å². The number of amides is 1. The van der Waals surface area contributed by atoms with E-state index in [9.17, 15) is 19.8 Å². The molecule has 2 aliphatic rings. The highest BCUT2D eigenvalue weighted by Gasteiger charge is 2.46. The second-order valence-electron chi connectivity index (χ2n) is 7.75. The highest BCUT2D eigenvalue weighted by Crippen LogP contribution is 2.45. The number of methoxy groups -OCH3 is 2. The number of nitrogens with zero attached hydrogens (tertiary/aromatic N) is 1. The summed E-state index contributed by atoms with van der Waals surface area (Å²) in [5, 5.41) is 21.5. The van der Waals surface area contributed by atoms with Crippen molar-refractivity contribution < 1.29 is 38.7 Å². The molecule has 1 amide bonds. The minimum atomic E-state index is -0.907. The van der Waals surface area contributed by atoms with Crippen LogP contribution in [0.5, 0.6) is 23.0 Å². The van der Waals surface area contributed by atoms with E-state index in [1.54, 1.807) is 31.4 Å². The number of ether oxygens (including phenoxy) is 4. The van der Waals surface area contributed by atoms with Crippen LogP contribution in [-0.4, -0.2) is 67.4 Å². The number of Topliss-reactive ketones (excluding diaryl/α,β-unsaturated/α-hetero) is 1. The van der Waals surface area contributed by atoms with Crippen molar-refractivity contribution in [2.75, 3.05) is 40.6 Å². The summed E-state index contributed by atoms with van der Waals surface area (Å²) in [6, 6.07) is 7.05. The Morgan fingerprint density at radius 3 is 2.59 bits per heavy atom. The number of ketones is 1. The molecule has 1 fully saturated rings. The van der Waals surface area contributed by atoms with Crippen molar-refractivity contribution in [3.8, 4) is 23.0 Å². The summed E-state index contributed by atoms with van der Waals surface area (Å²) >= 11 is 3.29. The Bertz CT molecular complexity index is 1160. The molecule has 34 heavy (non-hydrogen) atoms. The smallest absolute Gasteiger partial charge is 0.295 e. The van der Waals surface area contributed by atoms with Crippen molar-refractivity contribution in [2.45, 2.75) is 12.5 Å². The van der Waals surface area contributed by atoms with Gasteiger partial charge in [0, 0.05) is 25.8 Å². The zero-order valence-electron chi connectivity index (χ0n) is 18.7. The summed E-state index contributed by atoms with van der Waals surface area (Å²) in [6.45, 7) is 1.40. The van der Waals surface area contributed by atoms with Gasteiger partial charge < -0.3 is 34.1 Å². The molecule has 10 heteroatoms. The van der Waals surface area contributed by atoms with E-state index < -0.39 is 17.7 Å². The Kier molecular flexibility index (Phi) is 6.99. The van der Waals surface area contributed by atoms with E-state index in [0.29, 0.717) is 53.3 Å². The van der Waals surface area contributed by atoms with E-state index in [1.807, 2.05) is 0 Å². The van der Waals surface area contributed by atoms with Crippen LogP contribution in [-0.2, 0) is 14.3 Å². The number of phenolic OH excluding ortho intramolecular Hbond substituents is 1. The minimum absolute atomic E-state index is 0.0706. The number of aliphatic hydroxyl groups excluding tert-OH is 1. The normalized spacial score (nSPS) is 18.9. The van der Waals surface area contributed by atoms with Gasteiger partial charge in [-0.2, -0.15) is 0 Å². The number of fused-ring (bicyclic) bond motifs is 1. The number of halogens is 1. The van der Waals surface area contributed by atoms with Gasteiger partial charge in [-0.1, -0.05) is 0 Å². The number of rotatable bonds is 7. The summed E-state index contributed by atoms with van der Waals surface area (Å²) in [5.74, 6) is -0.860. The largest absolute Gasteiger partial charge is 0.507 e. The third kappa shape index (κ3) is 4.30. The number of likely N-dealkylation sites (tertiary alicyclic amines) is 1. The van der Waals surface area contributed by atoms with Gasteiger partial charge in [0.1, 0.15) is 19.0 Å². The molecule has 2 aromatic carbocycles. The first-order valence-corrected chi connectivity index (χ1v) is 11.4. The van der Waals surface area contributed by atoms with Crippen LogP contribution in [0.2, 0.25) is 0 Å². The van der Waals surface area contributed by atoms with Crippen LogP contribution in [0.4, 0.5) is 0 Å². The third-order valence-corrected chi connectivity index (χ3v) is 6.29. The maximum atomic E-state index is 13.2. The first kappa shape index (κ1) is 23.9. The summed E-state index contributed by atoms with van der Waals surface area (Å²) in [4.78, 5) is 27.6. The molecule has 0 bridgehead atoms. The molecule has 4 rings (SSSR count). The molecular weight excluding hydrogens is 510 g/mol. The number of carbonyl (C=O) groups is 2. The van der Waals surface area contributed by atoms with Gasteiger partial charge in [-0.15, -0.1) is 0 Å². The summed E-state index contributed by atoms with van der Waals surface area (Å²) in [5.41, 5.74) is 0.727. The summed E-state index contributed by atoms with van der Waals surface area (Å²) in [7, 11) is 2.95. The van der Waals surface area contributed by atoms with Gasteiger partial charge in [-0.3, -0.25) is 9.59 Å². The Morgan fingerprint density at radius 2 is 1.88 bits per heavy atom. The summed E-state index contributed by atoms with van der Waals surface area (Å²) < 4.78 is 21.8. The van der Waals surface area contributed by atoms with Gasteiger partial charge in [-0.05, 0) is 58.2 Å². The van der Waals surface area contributed by atoms with Crippen molar-refractivity contribution in [2.24, 2.45) is 0 Å². The molecule has 0 radical (unpaired) electrons. The van der Waals surface area contributed by atoms with E-state index in [-0.39, 0.29) is 29.4 Å². The average molecular weight is 534 g/mol. The number of phenols is 1. The van der Waals surface area contributed by atoms with Gasteiger partial charge >= 0.3 is 0 Å². The topological polar surface area (TPSA) is 115 Å². The number of aliphatic hydroxyl groups is 1. The molecule has 2 heterocycles. The average Bonchev–Trinajstić information content (AvgIpc) is 3.10. The molecular formula is C24H24BrNO8. The second-order valence-corrected chi connectivity index (χ2v) is 8.61. The molecule has 2 aromatic rings. The van der Waals surface area contributed by atoms with Crippen molar-refractivity contribution in [3.05, 3.63) is 51.5 Å². The van der Waals surface area contributed by atoms with E-state index in [0.717, 1.165) is 0 Å². The first-order chi connectivity index (χ1) is 16.4. The molecule has 0 aliphatic carbocycles. The van der Waals surface area contributed by atoms with Gasteiger partial charge in [0.2, 0.25) is 0 Å². The van der Waals surface area contributed by atoms with E-state index in [4.69, 9.17) is 18.9 Å². The SMILES string of the molecule is COCCCN1C(=O)C(=O)/C(=C(/O)c2ccc3c(c2)OCCO3)C1c1cc(Br)c(O)c(OC)c1. The predicted molar refractivity (Wildman–Crippen MR) is 125 cm³/mol. The van der Waals surface area contributed by atoms with Gasteiger partial charge in [0.05, 0.1) is 23.2 Å². The molecule has 1 saturated heterocycles. The number of carbonyl (C=O) groups excluding carboxylic acids is 2. The van der Waals surface area contributed by atoms with Crippen molar-refractivity contribution in [1.82, 2.24) is 4.90 Å². The minimum Gasteiger partial charge on any atom is -0.507 e. The molecule has 9 nitrogen and oxygen atoms in total. The molecule has 1 unspecified atom stereocenters. The highest BCUT2D eigenvalue weighted by atomic mass is 79.9. The Labute approximate surface area is 204 Å². The fourth-order valence-electron chi connectivity index (χ4n) is 4.09. The number of benzene rings is 2. The standard InChI is InChI=1S/C24H24BrNO8/c1-31-7-3-6-26-20(14-10-15(25)22(28)18(12-14)32-2)19(23(29)24(26)30)21(27)13-4-5-16-17(11-13)34-9-8-33-16/h4-5,10-12,20,27-28H,3,6-9H2,1-2H3/b21-19+. The quantitative estimate of drug-likeness (QED) is 0.241. The van der Waals surface area contributed by atoms with Crippen LogP contribution in [0, 0.1) is 0 Å². The molecule has 2 N–H and O–H groups in total. The number of aromatic hydroxyl groups is 1. The van der Waals surface area contributed by atoms with Crippen molar-refractivity contribution in [1.29, 1.82) is 0 Å². The Hall–Kier alpha value is -3.24. The molecule has 0 spiro atoms. The fourth-order valence-corrected chi connectivity index (χ4v) is 4.55. The molecule has 0 aromatic heterocycles. The lowest BCUT2D eigenvalue weighted by atomic mass is 9.94.